The zero-order valence-corrected chi connectivity index (χ0v) is 14.7. The minimum Gasteiger partial charge on any atom is -0.394 e. The van der Waals surface area contributed by atoms with E-state index in [1.165, 1.54) is 18.2 Å². The second-order valence-corrected chi connectivity index (χ2v) is 5.99. The number of hydrogen-bond acceptors (Lipinski definition) is 3. The van der Waals surface area contributed by atoms with Crippen molar-refractivity contribution < 1.29 is 14.3 Å². The van der Waals surface area contributed by atoms with Crippen LogP contribution < -0.4 is 5.32 Å². The summed E-state index contributed by atoms with van der Waals surface area (Å²) in [5, 5.41) is 16.4. The van der Waals surface area contributed by atoms with E-state index in [-0.39, 0.29) is 18.3 Å². The molecule has 3 aromatic rings. The summed E-state index contributed by atoms with van der Waals surface area (Å²) >= 11 is 0. The summed E-state index contributed by atoms with van der Waals surface area (Å²) in [6.45, 7) is 4.19. The van der Waals surface area contributed by atoms with Crippen LogP contribution in [0.5, 0.6) is 0 Å². The molecule has 0 aliphatic heterocycles. The molecule has 0 spiro atoms. The zero-order chi connectivity index (χ0) is 19.2. The number of amides is 1. The first-order valence-electron chi connectivity index (χ1n) is 8.54. The Kier molecular flexibility index (Phi) is 5.78. The summed E-state index contributed by atoms with van der Waals surface area (Å²) in [6, 6.07) is 14.0. The highest BCUT2D eigenvalue weighted by molar-refractivity contribution is 5.87. The van der Waals surface area contributed by atoms with Gasteiger partial charge in [-0.05, 0) is 47.0 Å². The van der Waals surface area contributed by atoms with Crippen LogP contribution in [0.15, 0.2) is 67.4 Å². The highest BCUT2D eigenvalue weighted by Gasteiger charge is 2.11. The number of nitrogens with zero attached hydrogens (tertiary/aromatic N) is 2. The fourth-order valence-electron chi connectivity index (χ4n) is 2.78. The fraction of sp³-hybridized carbons (Fsp3) is 0.143. The summed E-state index contributed by atoms with van der Waals surface area (Å²) < 4.78 is 14.9. The van der Waals surface area contributed by atoms with Crippen molar-refractivity contribution in [3.63, 3.8) is 0 Å². The molecule has 0 aliphatic rings. The van der Waals surface area contributed by atoms with Crippen molar-refractivity contribution in [1.82, 2.24) is 15.1 Å². The number of rotatable bonds is 7. The summed E-state index contributed by atoms with van der Waals surface area (Å²) in [5.74, 6) is -0.542. The second-order valence-electron chi connectivity index (χ2n) is 5.99. The molecule has 2 N–H and O–H groups in total. The molecule has 0 bridgehead atoms. The highest BCUT2D eigenvalue weighted by atomic mass is 19.1. The molecule has 1 aromatic heterocycles. The van der Waals surface area contributed by atoms with Crippen LogP contribution in [-0.4, -0.2) is 27.4 Å². The van der Waals surface area contributed by atoms with E-state index in [2.05, 4.69) is 17.0 Å². The van der Waals surface area contributed by atoms with Crippen molar-refractivity contribution in [2.75, 3.05) is 6.61 Å². The number of carbonyl (C=O) groups excluding carboxylic acids is 1. The monoisotopic (exact) mass is 365 g/mol. The Hall–Kier alpha value is -3.25. The van der Waals surface area contributed by atoms with Crippen LogP contribution in [0.4, 0.5) is 4.39 Å². The smallest absolute Gasteiger partial charge is 0.243 e. The van der Waals surface area contributed by atoms with Crippen molar-refractivity contribution in [2.24, 2.45) is 0 Å². The molecule has 0 saturated heterocycles. The Morgan fingerprint density at radius 3 is 2.63 bits per heavy atom. The lowest BCUT2D eigenvalue weighted by molar-refractivity contribution is -0.116. The SMILES string of the molecule is C=CC(=O)NCc1ccc(-c2ccc(F)cc2)cc1-c1ccn(CCO)n1. The average Bonchev–Trinajstić information content (AvgIpc) is 3.15. The maximum atomic E-state index is 13.2. The molecule has 27 heavy (non-hydrogen) atoms. The first kappa shape index (κ1) is 18.5. The molecular formula is C21H20FN3O2. The van der Waals surface area contributed by atoms with Gasteiger partial charge in [0.25, 0.3) is 0 Å². The van der Waals surface area contributed by atoms with E-state index < -0.39 is 0 Å². The van der Waals surface area contributed by atoms with Crippen LogP contribution >= 0.6 is 0 Å². The number of halogens is 1. The van der Waals surface area contributed by atoms with Crippen molar-refractivity contribution in [3.8, 4) is 22.4 Å². The number of hydrogen-bond donors (Lipinski definition) is 2. The first-order chi connectivity index (χ1) is 13.1. The molecule has 5 nitrogen and oxygen atoms in total. The van der Waals surface area contributed by atoms with Gasteiger partial charge in [0.2, 0.25) is 5.91 Å². The summed E-state index contributed by atoms with van der Waals surface area (Å²) in [6.07, 6.45) is 3.02. The minimum absolute atomic E-state index is 0.00100. The Balaban J connectivity index is 2.00. The molecule has 0 unspecified atom stereocenters. The Morgan fingerprint density at radius 2 is 1.93 bits per heavy atom. The fourth-order valence-corrected chi connectivity index (χ4v) is 2.78. The Bertz CT molecular complexity index is 948. The van der Waals surface area contributed by atoms with Crippen LogP contribution in [0.25, 0.3) is 22.4 Å². The maximum absolute atomic E-state index is 13.2. The standard InChI is InChI=1S/C21H20FN3O2/c1-2-21(27)23-14-17-4-3-16(15-5-7-18(22)8-6-15)13-19(17)20-9-10-25(24-20)11-12-26/h2-10,13,26H,1,11-12,14H2,(H,23,27). The lowest BCUT2D eigenvalue weighted by atomic mass is 9.97. The van der Waals surface area contributed by atoms with E-state index in [9.17, 15) is 9.18 Å². The molecular weight excluding hydrogens is 345 g/mol. The van der Waals surface area contributed by atoms with Gasteiger partial charge in [-0.3, -0.25) is 9.48 Å². The van der Waals surface area contributed by atoms with Crippen LogP contribution in [-0.2, 0) is 17.9 Å². The third-order valence-electron chi connectivity index (χ3n) is 4.17. The number of aliphatic hydroxyl groups excluding tert-OH is 1. The Morgan fingerprint density at radius 1 is 1.19 bits per heavy atom. The predicted molar refractivity (Wildman–Crippen MR) is 102 cm³/mol. The molecule has 138 valence electrons. The van der Waals surface area contributed by atoms with E-state index >= 15 is 0 Å². The Labute approximate surface area is 156 Å². The molecule has 1 heterocycles. The van der Waals surface area contributed by atoms with Crippen LogP contribution in [0.2, 0.25) is 0 Å². The first-order valence-corrected chi connectivity index (χ1v) is 8.54. The number of aliphatic hydroxyl groups is 1. The predicted octanol–water partition coefficient (Wildman–Crippen LogP) is 3.15. The number of nitrogens with one attached hydrogen (secondary N) is 1. The van der Waals surface area contributed by atoms with Gasteiger partial charge in [-0.25, -0.2) is 4.39 Å². The van der Waals surface area contributed by atoms with Gasteiger partial charge in [0.1, 0.15) is 5.82 Å². The molecule has 1 amide bonds. The molecule has 0 saturated carbocycles. The van der Waals surface area contributed by atoms with Crippen LogP contribution in [0, 0.1) is 5.82 Å². The third kappa shape index (κ3) is 4.48. The van der Waals surface area contributed by atoms with Gasteiger partial charge < -0.3 is 10.4 Å². The lowest BCUT2D eigenvalue weighted by Gasteiger charge is -2.11. The van der Waals surface area contributed by atoms with Gasteiger partial charge in [0, 0.05) is 18.3 Å². The maximum Gasteiger partial charge on any atom is 0.243 e. The van der Waals surface area contributed by atoms with Gasteiger partial charge in [-0.15, -0.1) is 0 Å². The molecule has 0 atom stereocenters. The topological polar surface area (TPSA) is 67.2 Å². The van der Waals surface area contributed by atoms with E-state index in [4.69, 9.17) is 5.11 Å². The van der Waals surface area contributed by atoms with Crippen molar-refractivity contribution in [1.29, 1.82) is 0 Å². The number of aromatic nitrogens is 2. The zero-order valence-electron chi connectivity index (χ0n) is 14.7. The summed E-state index contributed by atoms with van der Waals surface area (Å²) in [5.41, 5.74) is 4.29. The van der Waals surface area contributed by atoms with E-state index in [0.717, 1.165) is 27.9 Å². The lowest BCUT2D eigenvalue weighted by Crippen LogP contribution is -2.20. The van der Waals surface area contributed by atoms with E-state index in [1.54, 1.807) is 23.0 Å². The average molecular weight is 365 g/mol. The molecule has 3 rings (SSSR count). The van der Waals surface area contributed by atoms with Crippen LogP contribution in [0.1, 0.15) is 5.56 Å². The molecule has 2 aromatic carbocycles. The van der Waals surface area contributed by atoms with E-state index in [1.807, 2.05) is 24.3 Å². The summed E-state index contributed by atoms with van der Waals surface area (Å²) in [7, 11) is 0. The van der Waals surface area contributed by atoms with Gasteiger partial charge in [0.05, 0.1) is 18.8 Å². The van der Waals surface area contributed by atoms with Crippen molar-refractivity contribution >= 4 is 5.91 Å². The molecule has 6 heteroatoms. The van der Waals surface area contributed by atoms with Gasteiger partial charge >= 0.3 is 0 Å². The third-order valence-corrected chi connectivity index (χ3v) is 4.17. The van der Waals surface area contributed by atoms with Crippen LogP contribution in [0.3, 0.4) is 0 Å². The normalized spacial score (nSPS) is 10.6. The molecule has 0 aliphatic carbocycles. The number of carbonyl (C=O) groups is 1. The van der Waals surface area contributed by atoms with Gasteiger partial charge in [0.15, 0.2) is 0 Å². The largest absolute Gasteiger partial charge is 0.394 e. The molecule has 0 radical (unpaired) electrons. The van der Waals surface area contributed by atoms with E-state index in [0.29, 0.717) is 13.1 Å². The quantitative estimate of drug-likeness (QED) is 0.632. The highest BCUT2D eigenvalue weighted by Crippen LogP contribution is 2.29. The van der Waals surface area contributed by atoms with Crippen molar-refractivity contribution in [2.45, 2.75) is 13.1 Å². The number of benzene rings is 2. The second kappa shape index (κ2) is 8.42. The summed E-state index contributed by atoms with van der Waals surface area (Å²) in [4.78, 5) is 11.5. The van der Waals surface area contributed by atoms with Gasteiger partial charge in [-0.1, -0.05) is 30.8 Å². The van der Waals surface area contributed by atoms with Crippen molar-refractivity contribution in [3.05, 3.63) is 78.8 Å². The minimum atomic E-state index is -0.287. The van der Waals surface area contributed by atoms with Gasteiger partial charge in [-0.2, -0.15) is 5.10 Å². The molecule has 0 fully saturated rings.